The summed E-state index contributed by atoms with van der Waals surface area (Å²) in [4.78, 5) is 17.8. The second-order valence-electron chi connectivity index (χ2n) is 7.18. The Balaban J connectivity index is 1.66. The molecule has 0 aliphatic rings. The van der Waals surface area contributed by atoms with Crippen LogP contribution >= 0.6 is 0 Å². The molecular formula is C22H20N6O5S. The number of nitrogens with zero attached hydrogens (tertiary/aromatic N) is 3. The van der Waals surface area contributed by atoms with Gasteiger partial charge in [-0.3, -0.25) is 20.3 Å². The highest BCUT2D eigenvalue weighted by atomic mass is 32.2. The first-order chi connectivity index (χ1) is 16.3. The number of methoxy groups -OCH3 is 1. The number of benzene rings is 3. The number of rotatable bonds is 8. The van der Waals surface area contributed by atoms with Gasteiger partial charge in [0.1, 0.15) is 16.4 Å². The molecule has 0 fully saturated rings. The van der Waals surface area contributed by atoms with Crippen LogP contribution in [-0.4, -0.2) is 36.1 Å². The van der Waals surface area contributed by atoms with E-state index in [9.17, 15) is 18.5 Å². The maximum absolute atomic E-state index is 13.1. The van der Waals surface area contributed by atoms with Crippen molar-refractivity contribution in [1.29, 1.82) is 0 Å². The molecule has 0 amide bonds. The number of hydrazone groups is 1. The number of aromatic amines is 1. The van der Waals surface area contributed by atoms with Crippen LogP contribution in [0, 0.1) is 10.1 Å². The first-order valence-corrected chi connectivity index (χ1v) is 11.5. The zero-order valence-corrected chi connectivity index (χ0v) is 19.0. The van der Waals surface area contributed by atoms with Gasteiger partial charge < -0.3 is 9.72 Å². The van der Waals surface area contributed by atoms with Crippen molar-refractivity contribution in [3.05, 3.63) is 82.7 Å². The fraction of sp³-hybridized carbons (Fsp3) is 0.0909. The Hall–Kier alpha value is -4.45. The summed E-state index contributed by atoms with van der Waals surface area (Å²) in [5.41, 5.74) is 4.69. The Morgan fingerprint density at radius 3 is 2.53 bits per heavy atom. The van der Waals surface area contributed by atoms with Gasteiger partial charge in [0.25, 0.3) is 15.7 Å². The highest BCUT2D eigenvalue weighted by molar-refractivity contribution is 7.92. The Labute approximate surface area is 194 Å². The average Bonchev–Trinajstić information content (AvgIpc) is 3.27. The van der Waals surface area contributed by atoms with Crippen LogP contribution in [0.2, 0.25) is 0 Å². The van der Waals surface area contributed by atoms with Crippen molar-refractivity contribution < 1.29 is 18.1 Å². The van der Waals surface area contributed by atoms with Gasteiger partial charge in [0.05, 0.1) is 28.8 Å². The summed E-state index contributed by atoms with van der Waals surface area (Å²) in [5, 5.41) is 15.5. The summed E-state index contributed by atoms with van der Waals surface area (Å²) < 4.78 is 33.7. The number of H-pyrrole nitrogens is 1. The maximum Gasteiger partial charge on any atom is 0.270 e. The van der Waals surface area contributed by atoms with E-state index >= 15 is 0 Å². The first kappa shape index (κ1) is 22.7. The Kier molecular flexibility index (Phi) is 6.15. The number of anilines is 2. The molecule has 4 aromatic rings. The Bertz CT molecular complexity index is 1460. The molecule has 4 rings (SSSR count). The summed E-state index contributed by atoms with van der Waals surface area (Å²) in [6.45, 7) is 1.69. The third-order valence-corrected chi connectivity index (χ3v) is 6.31. The molecule has 0 radical (unpaired) electrons. The van der Waals surface area contributed by atoms with Gasteiger partial charge in [-0.15, -0.1) is 0 Å². The molecule has 34 heavy (non-hydrogen) atoms. The largest absolute Gasteiger partial charge is 0.497 e. The van der Waals surface area contributed by atoms with Gasteiger partial charge in [-0.05, 0) is 49.4 Å². The molecule has 12 heteroatoms. The van der Waals surface area contributed by atoms with Gasteiger partial charge in [0.2, 0.25) is 0 Å². The van der Waals surface area contributed by atoms with E-state index in [1.165, 1.54) is 31.4 Å². The zero-order valence-electron chi connectivity index (χ0n) is 18.1. The molecule has 11 nitrogen and oxygen atoms in total. The van der Waals surface area contributed by atoms with Crippen molar-refractivity contribution in [3.63, 3.8) is 0 Å². The quantitative estimate of drug-likeness (QED) is 0.195. The van der Waals surface area contributed by atoms with Gasteiger partial charge in [-0.2, -0.15) is 5.10 Å². The second-order valence-corrected chi connectivity index (χ2v) is 8.83. The number of non-ortho nitro benzene ring substituents is 1. The van der Waals surface area contributed by atoms with E-state index in [4.69, 9.17) is 4.74 Å². The number of hydrogen-bond acceptors (Lipinski definition) is 8. The average molecular weight is 481 g/mol. The van der Waals surface area contributed by atoms with Crippen molar-refractivity contribution >= 4 is 43.8 Å². The van der Waals surface area contributed by atoms with E-state index in [2.05, 4.69) is 25.2 Å². The minimum Gasteiger partial charge on any atom is -0.497 e. The molecule has 0 saturated carbocycles. The van der Waals surface area contributed by atoms with E-state index < -0.39 is 14.9 Å². The van der Waals surface area contributed by atoms with Crippen LogP contribution in [0.25, 0.3) is 11.0 Å². The van der Waals surface area contributed by atoms with E-state index in [0.29, 0.717) is 17.3 Å². The highest BCUT2D eigenvalue weighted by Crippen LogP contribution is 2.29. The number of imidazole rings is 1. The summed E-state index contributed by atoms with van der Waals surface area (Å²) in [6.07, 6.45) is 0. The van der Waals surface area contributed by atoms with E-state index in [-0.39, 0.29) is 22.0 Å². The molecule has 3 N–H and O–H groups in total. The molecule has 1 heterocycles. The lowest BCUT2D eigenvalue weighted by atomic mass is 10.3. The highest BCUT2D eigenvalue weighted by Gasteiger charge is 2.23. The van der Waals surface area contributed by atoms with Crippen LogP contribution in [0.4, 0.5) is 17.1 Å². The number of para-hydroxylation sites is 2. The number of ether oxygens (including phenoxy) is 1. The molecule has 0 bridgehead atoms. The fourth-order valence-electron chi connectivity index (χ4n) is 3.13. The second kappa shape index (κ2) is 9.19. The van der Waals surface area contributed by atoms with Gasteiger partial charge >= 0.3 is 0 Å². The summed E-state index contributed by atoms with van der Waals surface area (Å²) in [6, 6.07) is 17.1. The van der Waals surface area contributed by atoms with Crippen LogP contribution in [0.5, 0.6) is 5.75 Å². The van der Waals surface area contributed by atoms with E-state index in [1.807, 2.05) is 24.3 Å². The number of nitro groups is 1. The first-order valence-electron chi connectivity index (χ1n) is 9.97. The van der Waals surface area contributed by atoms with Gasteiger partial charge in [0, 0.05) is 17.8 Å². The van der Waals surface area contributed by atoms with Crippen LogP contribution in [0.15, 0.2) is 76.7 Å². The normalized spacial score (nSPS) is 11.9. The molecule has 0 aliphatic heterocycles. The number of fused-ring (bicyclic) bond motifs is 1. The lowest BCUT2D eigenvalue weighted by molar-refractivity contribution is -0.385. The maximum atomic E-state index is 13.1. The van der Waals surface area contributed by atoms with Crippen molar-refractivity contribution in [2.75, 3.05) is 17.3 Å². The van der Waals surface area contributed by atoms with Crippen LogP contribution in [0.1, 0.15) is 12.7 Å². The number of aromatic nitrogens is 2. The monoisotopic (exact) mass is 480 g/mol. The number of hydrogen-bond donors (Lipinski definition) is 3. The lowest BCUT2D eigenvalue weighted by Crippen LogP contribution is -2.15. The third-order valence-electron chi connectivity index (χ3n) is 4.88. The molecular weight excluding hydrogens is 460 g/mol. The zero-order chi connectivity index (χ0) is 24.3. The number of nitrogens with one attached hydrogen (secondary N) is 3. The molecule has 0 saturated heterocycles. The predicted octanol–water partition coefficient (Wildman–Crippen LogP) is 4.12. The van der Waals surface area contributed by atoms with Gasteiger partial charge in [0.15, 0.2) is 5.82 Å². The minimum absolute atomic E-state index is 0.0575. The Morgan fingerprint density at radius 2 is 1.85 bits per heavy atom. The SMILES string of the molecule is COc1ccc(NS(=O)(=O)c2cc([N+](=O)[O-])ccc2N/N=C(\C)c2nc3ccccc3[nH]2)cc1. The summed E-state index contributed by atoms with van der Waals surface area (Å²) in [7, 11) is -2.71. The predicted molar refractivity (Wildman–Crippen MR) is 129 cm³/mol. The summed E-state index contributed by atoms with van der Waals surface area (Å²) in [5.74, 6) is 1.05. The number of nitro benzene ring substituents is 1. The molecule has 0 unspecified atom stereocenters. The van der Waals surface area contributed by atoms with E-state index in [0.717, 1.165) is 17.1 Å². The third kappa shape index (κ3) is 4.81. The minimum atomic E-state index is -4.20. The molecule has 174 valence electrons. The van der Waals surface area contributed by atoms with Gasteiger partial charge in [-0.25, -0.2) is 13.4 Å². The fourth-order valence-corrected chi connectivity index (χ4v) is 4.37. The van der Waals surface area contributed by atoms with Crippen molar-refractivity contribution in [2.24, 2.45) is 5.10 Å². The van der Waals surface area contributed by atoms with Crippen molar-refractivity contribution in [2.45, 2.75) is 11.8 Å². The van der Waals surface area contributed by atoms with Crippen LogP contribution in [-0.2, 0) is 10.0 Å². The van der Waals surface area contributed by atoms with Crippen molar-refractivity contribution in [3.8, 4) is 5.75 Å². The van der Waals surface area contributed by atoms with Crippen molar-refractivity contribution in [1.82, 2.24) is 9.97 Å². The molecule has 1 aromatic heterocycles. The molecule has 0 spiro atoms. The van der Waals surface area contributed by atoms with E-state index in [1.54, 1.807) is 19.1 Å². The standard InChI is InChI=1S/C22H20N6O5S/c1-14(22-23-18-5-3-4-6-19(18)24-22)25-26-20-12-9-16(28(29)30)13-21(20)34(31,32)27-15-7-10-17(33-2)11-8-15/h3-13,26-27H,1-2H3,(H,23,24)/b25-14+. The molecule has 0 atom stereocenters. The van der Waals surface area contributed by atoms with Gasteiger partial charge in [-0.1, -0.05) is 12.1 Å². The smallest absolute Gasteiger partial charge is 0.270 e. The number of sulfonamides is 1. The van der Waals surface area contributed by atoms with Crippen LogP contribution < -0.4 is 14.9 Å². The van der Waals surface area contributed by atoms with Crippen LogP contribution in [0.3, 0.4) is 0 Å². The lowest BCUT2D eigenvalue weighted by Gasteiger charge is -2.12. The Morgan fingerprint density at radius 1 is 1.12 bits per heavy atom. The molecule has 0 aliphatic carbocycles. The molecule has 3 aromatic carbocycles. The summed E-state index contributed by atoms with van der Waals surface area (Å²) >= 11 is 0. The topological polar surface area (TPSA) is 152 Å².